The minimum atomic E-state index is -3.63. The number of fused-ring (bicyclic) bond motifs is 2. The molecule has 10 heteroatoms. The monoisotopic (exact) mass is 432 g/mol. The summed E-state index contributed by atoms with van der Waals surface area (Å²) >= 11 is 0. The van der Waals surface area contributed by atoms with Crippen LogP contribution in [0.25, 0.3) is 0 Å². The van der Waals surface area contributed by atoms with Crippen molar-refractivity contribution in [3.05, 3.63) is 34.4 Å². The van der Waals surface area contributed by atoms with Crippen molar-refractivity contribution in [3.63, 3.8) is 0 Å². The van der Waals surface area contributed by atoms with E-state index in [0.29, 0.717) is 31.0 Å². The Labute approximate surface area is 174 Å². The number of pyridine rings is 1. The Kier molecular flexibility index (Phi) is 4.66. The number of anilines is 1. The average Bonchev–Trinajstić information content (AvgIpc) is 3.24. The van der Waals surface area contributed by atoms with Crippen molar-refractivity contribution in [2.75, 3.05) is 5.32 Å². The van der Waals surface area contributed by atoms with Gasteiger partial charge in [-0.15, -0.1) is 4.36 Å². The standard InChI is InChI=1S/C20H25FN6O2S/c1-11-17(12-7-8-12)24-15-6-2-4-13(15)18(11)25-20(28)26-30(22,29)16-10-23-27-9-3-5-14(21)19(16)27/h10,12,14H,2-9H2,1H3,(H3,22,24,25,26,28,29). The van der Waals surface area contributed by atoms with Crippen molar-refractivity contribution in [3.8, 4) is 0 Å². The molecule has 2 amide bonds. The Balaban J connectivity index is 1.49. The number of carbonyl (C=O) groups is 1. The Morgan fingerprint density at radius 1 is 1.33 bits per heavy atom. The van der Waals surface area contributed by atoms with Gasteiger partial charge in [0.25, 0.3) is 0 Å². The summed E-state index contributed by atoms with van der Waals surface area (Å²) in [5.41, 5.74) is 4.90. The number of halogens is 1. The normalized spacial score (nSPS) is 22.2. The number of nitrogens with one attached hydrogen (secondary N) is 1. The Morgan fingerprint density at radius 2 is 2.13 bits per heavy atom. The second-order valence-corrected chi connectivity index (χ2v) is 10.1. The second-order valence-electron chi connectivity index (χ2n) is 8.37. The van der Waals surface area contributed by atoms with Crippen molar-refractivity contribution in [1.29, 1.82) is 0 Å². The molecule has 0 spiro atoms. The lowest BCUT2D eigenvalue weighted by Gasteiger charge is -2.19. The van der Waals surface area contributed by atoms with Crippen LogP contribution >= 0.6 is 0 Å². The number of amides is 2. The maximum Gasteiger partial charge on any atom is 0.354 e. The van der Waals surface area contributed by atoms with E-state index < -0.39 is 22.1 Å². The van der Waals surface area contributed by atoms with E-state index >= 15 is 0 Å². The summed E-state index contributed by atoms with van der Waals surface area (Å²) < 4.78 is 32.7. The average molecular weight is 433 g/mol. The van der Waals surface area contributed by atoms with Crippen molar-refractivity contribution >= 4 is 21.6 Å². The maximum atomic E-state index is 14.4. The molecule has 2 aromatic rings. The molecule has 3 aliphatic rings. The fourth-order valence-electron chi connectivity index (χ4n) is 4.58. The van der Waals surface area contributed by atoms with Gasteiger partial charge >= 0.3 is 6.03 Å². The van der Waals surface area contributed by atoms with Crippen LogP contribution in [0.5, 0.6) is 0 Å². The van der Waals surface area contributed by atoms with E-state index in [1.54, 1.807) is 0 Å². The molecule has 0 saturated heterocycles. The minimum absolute atomic E-state index is 0.000184. The van der Waals surface area contributed by atoms with E-state index in [9.17, 15) is 13.4 Å². The summed E-state index contributed by atoms with van der Waals surface area (Å²) in [6.45, 7) is 2.49. The SMILES string of the molecule is Cc1c(C2CC2)nc2c(c1NC(=O)N=S(N)(=O)c1cnn3c1C(F)CCC3)CCC2. The van der Waals surface area contributed by atoms with E-state index in [1.807, 2.05) is 6.92 Å². The fourth-order valence-corrected chi connectivity index (χ4v) is 5.71. The third kappa shape index (κ3) is 3.31. The van der Waals surface area contributed by atoms with Crippen LogP contribution in [0.3, 0.4) is 0 Å². The molecule has 8 nitrogen and oxygen atoms in total. The molecule has 3 N–H and O–H groups in total. The molecule has 1 saturated carbocycles. The third-order valence-corrected chi connectivity index (χ3v) is 7.59. The molecule has 0 aromatic carbocycles. The zero-order chi connectivity index (χ0) is 21.0. The van der Waals surface area contributed by atoms with Crippen LogP contribution in [0.1, 0.15) is 72.4 Å². The van der Waals surface area contributed by atoms with Gasteiger partial charge in [-0.1, -0.05) is 0 Å². The van der Waals surface area contributed by atoms with Gasteiger partial charge in [0.2, 0.25) is 0 Å². The number of urea groups is 1. The number of rotatable bonds is 3. The summed E-state index contributed by atoms with van der Waals surface area (Å²) in [6, 6.07) is -0.793. The number of hydrogen-bond donors (Lipinski definition) is 2. The summed E-state index contributed by atoms with van der Waals surface area (Å²) in [5, 5.41) is 12.8. The summed E-state index contributed by atoms with van der Waals surface area (Å²) in [7, 11) is -3.63. The zero-order valence-corrected chi connectivity index (χ0v) is 17.7. The van der Waals surface area contributed by atoms with E-state index in [1.165, 1.54) is 10.9 Å². The second kappa shape index (κ2) is 7.12. The van der Waals surface area contributed by atoms with Crippen molar-refractivity contribution in [2.45, 2.75) is 75.4 Å². The van der Waals surface area contributed by atoms with Crippen molar-refractivity contribution in [2.24, 2.45) is 9.50 Å². The quantitative estimate of drug-likeness (QED) is 0.769. The first-order chi connectivity index (χ1) is 14.3. The Hall–Kier alpha value is -2.33. The highest BCUT2D eigenvalue weighted by Crippen LogP contribution is 2.44. The Morgan fingerprint density at radius 3 is 2.90 bits per heavy atom. The molecule has 2 unspecified atom stereocenters. The molecule has 5 rings (SSSR count). The van der Waals surface area contributed by atoms with Crippen LogP contribution in [0, 0.1) is 6.92 Å². The number of hydrogen-bond acceptors (Lipinski definition) is 4. The van der Waals surface area contributed by atoms with Gasteiger partial charge in [0.15, 0.2) is 0 Å². The molecule has 2 aliphatic carbocycles. The number of aryl methyl sites for hydroxylation is 2. The van der Waals surface area contributed by atoms with Crippen LogP contribution in [-0.4, -0.2) is 25.0 Å². The predicted molar refractivity (Wildman–Crippen MR) is 110 cm³/mol. The van der Waals surface area contributed by atoms with Crippen molar-refractivity contribution in [1.82, 2.24) is 14.8 Å². The van der Waals surface area contributed by atoms with E-state index in [2.05, 4.69) is 14.8 Å². The predicted octanol–water partition coefficient (Wildman–Crippen LogP) is 3.69. The molecular formula is C20H25FN6O2S. The highest BCUT2D eigenvalue weighted by Gasteiger charge is 2.32. The third-order valence-electron chi connectivity index (χ3n) is 6.20. The first kappa shape index (κ1) is 19.6. The molecule has 1 fully saturated rings. The van der Waals surface area contributed by atoms with Crippen LogP contribution in [0.4, 0.5) is 14.9 Å². The Bertz CT molecular complexity index is 1160. The summed E-state index contributed by atoms with van der Waals surface area (Å²) in [6.07, 6.45) is 5.85. The molecular weight excluding hydrogens is 407 g/mol. The zero-order valence-electron chi connectivity index (χ0n) is 16.9. The van der Waals surface area contributed by atoms with Gasteiger partial charge in [-0.05, 0) is 63.0 Å². The van der Waals surface area contributed by atoms with Gasteiger partial charge in [0.1, 0.15) is 21.0 Å². The van der Waals surface area contributed by atoms with Crippen molar-refractivity contribution < 1.29 is 13.4 Å². The topological polar surface area (TPSA) is 115 Å². The number of nitrogens with zero attached hydrogens (tertiary/aromatic N) is 4. The van der Waals surface area contributed by atoms with Gasteiger partial charge < -0.3 is 5.32 Å². The van der Waals surface area contributed by atoms with Gasteiger partial charge in [-0.3, -0.25) is 9.67 Å². The van der Waals surface area contributed by atoms with Crippen LogP contribution < -0.4 is 10.5 Å². The van der Waals surface area contributed by atoms with Crippen LogP contribution in [-0.2, 0) is 29.3 Å². The number of carbonyl (C=O) groups excluding carboxylic acids is 1. The van der Waals surface area contributed by atoms with E-state index in [4.69, 9.17) is 10.1 Å². The summed E-state index contributed by atoms with van der Waals surface area (Å²) in [5.74, 6) is 0.447. The lowest BCUT2D eigenvalue weighted by atomic mass is 10.0. The molecule has 160 valence electrons. The summed E-state index contributed by atoms with van der Waals surface area (Å²) in [4.78, 5) is 17.6. The highest BCUT2D eigenvalue weighted by atomic mass is 32.2. The molecule has 0 radical (unpaired) electrons. The van der Waals surface area contributed by atoms with Gasteiger partial charge in [0.05, 0.1) is 17.6 Å². The molecule has 0 bridgehead atoms. The largest absolute Gasteiger partial charge is 0.354 e. The molecule has 2 atom stereocenters. The molecule has 1 aliphatic heterocycles. The first-order valence-corrected chi connectivity index (χ1v) is 12.0. The van der Waals surface area contributed by atoms with Crippen LogP contribution in [0.15, 0.2) is 15.5 Å². The fraction of sp³-hybridized carbons (Fsp3) is 0.550. The lowest BCUT2D eigenvalue weighted by molar-refractivity contribution is 0.255. The molecule has 3 heterocycles. The smallest absolute Gasteiger partial charge is 0.305 e. The van der Waals surface area contributed by atoms with E-state index in [-0.39, 0.29) is 10.6 Å². The molecule has 30 heavy (non-hydrogen) atoms. The number of alkyl halides is 1. The maximum absolute atomic E-state index is 14.4. The lowest BCUT2D eigenvalue weighted by Crippen LogP contribution is -2.22. The van der Waals surface area contributed by atoms with Gasteiger partial charge in [-0.2, -0.15) is 5.10 Å². The highest BCUT2D eigenvalue weighted by molar-refractivity contribution is 7.91. The first-order valence-electron chi connectivity index (χ1n) is 10.4. The molecule has 2 aromatic heterocycles. The van der Waals surface area contributed by atoms with Gasteiger partial charge in [-0.25, -0.2) is 18.5 Å². The van der Waals surface area contributed by atoms with Crippen LogP contribution in [0.2, 0.25) is 0 Å². The number of aromatic nitrogens is 3. The number of nitrogens with two attached hydrogens (primary N) is 1. The van der Waals surface area contributed by atoms with E-state index in [0.717, 1.165) is 54.6 Å². The van der Waals surface area contributed by atoms with Gasteiger partial charge in [0, 0.05) is 23.9 Å². The minimum Gasteiger partial charge on any atom is -0.305 e.